The van der Waals surface area contributed by atoms with Crippen LogP contribution in [0.15, 0.2) is 30.3 Å². The highest BCUT2D eigenvalue weighted by atomic mass is 16.4. The van der Waals surface area contributed by atoms with Gasteiger partial charge in [-0.2, -0.15) is 0 Å². The summed E-state index contributed by atoms with van der Waals surface area (Å²) in [5.41, 5.74) is 1.28. The standard InChI is InChI=1S/C16H21NO3/c1-12(10-16(19)20)9-15(18)17-8-7-14(11-17)13-5-3-2-4-6-13/h2-6,12,14H,7-11H2,1H3,(H,19,20). The van der Waals surface area contributed by atoms with Gasteiger partial charge in [-0.05, 0) is 17.9 Å². The summed E-state index contributed by atoms with van der Waals surface area (Å²) in [7, 11) is 0. The van der Waals surface area contributed by atoms with Crippen molar-refractivity contribution in [3.8, 4) is 0 Å². The van der Waals surface area contributed by atoms with Gasteiger partial charge in [0.25, 0.3) is 0 Å². The van der Waals surface area contributed by atoms with Gasteiger partial charge in [-0.1, -0.05) is 37.3 Å². The first-order valence-corrected chi connectivity index (χ1v) is 7.10. The van der Waals surface area contributed by atoms with Crippen LogP contribution in [0.1, 0.15) is 37.7 Å². The molecule has 1 saturated heterocycles. The Bertz CT molecular complexity index is 472. The first-order valence-electron chi connectivity index (χ1n) is 7.10. The van der Waals surface area contributed by atoms with E-state index in [4.69, 9.17) is 5.11 Å². The van der Waals surface area contributed by atoms with E-state index in [0.717, 1.165) is 19.5 Å². The number of hydrogen-bond acceptors (Lipinski definition) is 2. The summed E-state index contributed by atoms with van der Waals surface area (Å²) in [5, 5.41) is 8.73. The van der Waals surface area contributed by atoms with Gasteiger partial charge >= 0.3 is 5.97 Å². The molecule has 20 heavy (non-hydrogen) atoms. The van der Waals surface area contributed by atoms with Gasteiger partial charge in [-0.25, -0.2) is 0 Å². The lowest BCUT2D eigenvalue weighted by Crippen LogP contribution is -2.30. The molecule has 1 aliphatic rings. The number of amides is 1. The van der Waals surface area contributed by atoms with Crippen molar-refractivity contribution in [1.82, 2.24) is 4.90 Å². The van der Waals surface area contributed by atoms with E-state index in [0.29, 0.717) is 12.3 Å². The number of carbonyl (C=O) groups excluding carboxylic acids is 1. The SMILES string of the molecule is CC(CC(=O)O)CC(=O)N1CCC(c2ccccc2)C1. The molecule has 0 aliphatic carbocycles. The number of benzene rings is 1. The summed E-state index contributed by atoms with van der Waals surface area (Å²) >= 11 is 0. The Kier molecular flexibility index (Phi) is 4.77. The summed E-state index contributed by atoms with van der Waals surface area (Å²) in [6, 6.07) is 10.2. The van der Waals surface area contributed by atoms with Crippen molar-refractivity contribution in [3.05, 3.63) is 35.9 Å². The highest BCUT2D eigenvalue weighted by Gasteiger charge is 2.28. The van der Waals surface area contributed by atoms with Crippen LogP contribution in [-0.4, -0.2) is 35.0 Å². The number of nitrogens with zero attached hydrogens (tertiary/aromatic N) is 1. The molecule has 0 radical (unpaired) electrons. The number of likely N-dealkylation sites (tertiary alicyclic amines) is 1. The maximum atomic E-state index is 12.1. The van der Waals surface area contributed by atoms with Crippen LogP contribution in [0.2, 0.25) is 0 Å². The minimum absolute atomic E-state index is 0.0572. The molecule has 1 amide bonds. The molecule has 1 aromatic carbocycles. The lowest BCUT2D eigenvalue weighted by Gasteiger charge is -2.18. The zero-order chi connectivity index (χ0) is 14.5. The zero-order valence-electron chi connectivity index (χ0n) is 11.8. The number of aliphatic carboxylic acids is 1. The minimum Gasteiger partial charge on any atom is -0.481 e. The third kappa shape index (κ3) is 3.83. The van der Waals surface area contributed by atoms with E-state index in [2.05, 4.69) is 12.1 Å². The molecule has 2 rings (SSSR count). The number of carboxylic acids is 1. The molecule has 4 heteroatoms. The van der Waals surface area contributed by atoms with Crippen LogP contribution in [0, 0.1) is 5.92 Å². The Morgan fingerprint density at radius 2 is 2.00 bits per heavy atom. The van der Waals surface area contributed by atoms with Gasteiger partial charge in [0.1, 0.15) is 0 Å². The average molecular weight is 275 g/mol. The molecular weight excluding hydrogens is 254 g/mol. The summed E-state index contributed by atoms with van der Waals surface area (Å²) in [4.78, 5) is 24.6. The van der Waals surface area contributed by atoms with Crippen LogP contribution in [-0.2, 0) is 9.59 Å². The Labute approximate surface area is 119 Å². The van der Waals surface area contributed by atoms with Gasteiger partial charge in [-0.15, -0.1) is 0 Å². The van der Waals surface area contributed by atoms with Crippen LogP contribution in [0.5, 0.6) is 0 Å². The molecule has 1 heterocycles. The van der Waals surface area contributed by atoms with Crippen molar-refractivity contribution >= 4 is 11.9 Å². The van der Waals surface area contributed by atoms with Crippen LogP contribution < -0.4 is 0 Å². The Balaban J connectivity index is 1.86. The van der Waals surface area contributed by atoms with Crippen molar-refractivity contribution in [2.45, 2.75) is 32.1 Å². The summed E-state index contributed by atoms with van der Waals surface area (Å²) in [6.07, 6.45) is 1.37. The molecular formula is C16H21NO3. The molecule has 1 fully saturated rings. The number of rotatable bonds is 5. The monoisotopic (exact) mass is 275 g/mol. The van der Waals surface area contributed by atoms with Gasteiger partial charge in [0.05, 0.1) is 0 Å². The van der Waals surface area contributed by atoms with E-state index < -0.39 is 5.97 Å². The molecule has 4 nitrogen and oxygen atoms in total. The zero-order valence-corrected chi connectivity index (χ0v) is 11.8. The second-order valence-electron chi connectivity index (χ2n) is 5.64. The lowest BCUT2D eigenvalue weighted by molar-refractivity contribution is -0.138. The Morgan fingerprint density at radius 3 is 2.65 bits per heavy atom. The van der Waals surface area contributed by atoms with E-state index in [1.165, 1.54) is 5.56 Å². The molecule has 1 N–H and O–H groups in total. The van der Waals surface area contributed by atoms with Gasteiger partial charge in [0, 0.05) is 31.8 Å². The fourth-order valence-corrected chi connectivity index (χ4v) is 2.78. The van der Waals surface area contributed by atoms with E-state index in [1.807, 2.05) is 30.0 Å². The first-order chi connectivity index (χ1) is 9.56. The summed E-state index contributed by atoms with van der Waals surface area (Å²) < 4.78 is 0. The second-order valence-corrected chi connectivity index (χ2v) is 5.64. The highest BCUT2D eigenvalue weighted by molar-refractivity contribution is 5.77. The largest absolute Gasteiger partial charge is 0.481 e. The molecule has 1 aliphatic heterocycles. The number of hydrogen-bond donors (Lipinski definition) is 1. The molecule has 2 unspecified atom stereocenters. The fraction of sp³-hybridized carbons (Fsp3) is 0.500. The van der Waals surface area contributed by atoms with Gasteiger partial charge in [0.15, 0.2) is 0 Å². The average Bonchev–Trinajstić information content (AvgIpc) is 2.88. The quantitative estimate of drug-likeness (QED) is 0.898. The topological polar surface area (TPSA) is 57.6 Å². The van der Waals surface area contributed by atoms with Gasteiger partial charge < -0.3 is 10.0 Å². The summed E-state index contributed by atoms with van der Waals surface area (Å²) in [5.74, 6) is -0.447. The van der Waals surface area contributed by atoms with Crippen molar-refractivity contribution < 1.29 is 14.7 Å². The normalized spacial score (nSPS) is 19.9. The highest BCUT2D eigenvalue weighted by Crippen LogP contribution is 2.27. The molecule has 0 saturated carbocycles. The Morgan fingerprint density at radius 1 is 1.30 bits per heavy atom. The van der Waals surface area contributed by atoms with Gasteiger partial charge in [0.2, 0.25) is 5.91 Å². The molecule has 2 atom stereocenters. The number of carbonyl (C=O) groups is 2. The molecule has 108 valence electrons. The summed E-state index contributed by atoms with van der Waals surface area (Å²) in [6.45, 7) is 3.34. The molecule has 0 aromatic heterocycles. The predicted molar refractivity (Wildman–Crippen MR) is 76.4 cm³/mol. The van der Waals surface area contributed by atoms with Crippen LogP contribution in [0.3, 0.4) is 0 Å². The Hall–Kier alpha value is -1.84. The van der Waals surface area contributed by atoms with E-state index in [1.54, 1.807) is 0 Å². The van der Waals surface area contributed by atoms with Crippen molar-refractivity contribution in [1.29, 1.82) is 0 Å². The van der Waals surface area contributed by atoms with Crippen LogP contribution >= 0.6 is 0 Å². The maximum Gasteiger partial charge on any atom is 0.303 e. The molecule has 1 aromatic rings. The van der Waals surface area contributed by atoms with E-state index >= 15 is 0 Å². The van der Waals surface area contributed by atoms with E-state index in [-0.39, 0.29) is 18.2 Å². The third-order valence-electron chi connectivity index (χ3n) is 3.86. The number of carboxylic acid groups (broad SMARTS) is 1. The van der Waals surface area contributed by atoms with E-state index in [9.17, 15) is 9.59 Å². The first kappa shape index (κ1) is 14.6. The fourth-order valence-electron chi connectivity index (χ4n) is 2.78. The molecule has 0 spiro atoms. The predicted octanol–water partition coefficient (Wildman–Crippen LogP) is 2.50. The third-order valence-corrected chi connectivity index (χ3v) is 3.86. The van der Waals surface area contributed by atoms with Crippen molar-refractivity contribution in [3.63, 3.8) is 0 Å². The molecule has 0 bridgehead atoms. The lowest BCUT2D eigenvalue weighted by atomic mass is 9.99. The smallest absolute Gasteiger partial charge is 0.303 e. The van der Waals surface area contributed by atoms with Crippen LogP contribution in [0.4, 0.5) is 0 Å². The second kappa shape index (κ2) is 6.55. The van der Waals surface area contributed by atoms with Crippen LogP contribution in [0.25, 0.3) is 0 Å². The van der Waals surface area contributed by atoms with Gasteiger partial charge in [-0.3, -0.25) is 9.59 Å². The maximum absolute atomic E-state index is 12.1. The minimum atomic E-state index is -0.839. The van der Waals surface area contributed by atoms with Crippen molar-refractivity contribution in [2.75, 3.05) is 13.1 Å². The van der Waals surface area contributed by atoms with Crippen molar-refractivity contribution in [2.24, 2.45) is 5.92 Å².